The van der Waals surface area contributed by atoms with Gasteiger partial charge in [0.25, 0.3) is 5.91 Å². The van der Waals surface area contributed by atoms with Crippen molar-refractivity contribution in [1.82, 2.24) is 30.7 Å². The maximum atomic E-state index is 12.9. The quantitative estimate of drug-likeness (QED) is 0.309. The molecule has 4 rings (SSSR count). The monoisotopic (exact) mass is 471 g/mol. The van der Waals surface area contributed by atoms with Crippen LogP contribution in [0.1, 0.15) is 28.0 Å². The van der Waals surface area contributed by atoms with Crippen LogP contribution >= 0.6 is 22.9 Å². The highest BCUT2D eigenvalue weighted by Crippen LogP contribution is 2.22. The lowest BCUT2D eigenvalue weighted by atomic mass is 10.2. The number of amides is 1. The second-order valence-corrected chi connectivity index (χ2v) is 8.42. The molecule has 3 aromatic heterocycles. The highest BCUT2D eigenvalue weighted by molar-refractivity contribution is 7.18. The average Bonchev–Trinajstić information content (AvgIpc) is 3.52. The van der Waals surface area contributed by atoms with Crippen molar-refractivity contribution in [2.45, 2.75) is 13.5 Å². The van der Waals surface area contributed by atoms with Crippen LogP contribution in [-0.4, -0.2) is 44.0 Å². The van der Waals surface area contributed by atoms with Crippen molar-refractivity contribution in [3.63, 3.8) is 0 Å². The molecular weight excluding hydrogens is 454 g/mol. The Morgan fingerprint density at radius 1 is 1.28 bits per heavy atom. The van der Waals surface area contributed by atoms with E-state index in [1.165, 1.54) is 16.0 Å². The topological polar surface area (TPSA) is 140 Å². The van der Waals surface area contributed by atoms with Crippen LogP contribution in [0.3, 0.4) is 0 Å². The van der Waals surface area contributed by atoms with Gasteiger partial charge in [-0.3, -0.25) is 4.79 Å². The average molecular weight is 472 g/mol. The number of benzene rings is 1. The molecule has 1 aromatic carbocycles. The van der Waals surface area contributed by atoms with Crippen molar-refractivity contribution in [3.05, 3.63) is 63.1 Å². The van der Waals surface area contributed by atoms with E-state index < -0.39 is 5.91 Å². The second-order valence-electron chi connectivity index (χ2n) is 6.70. The van der Waals surface area contributed by atoms with E-state index in [4.69, 9.17) is 17.3 Å². The number of hydrogen-bond acceptors (Lipinski definition) is 10. The first-order chi connectivity index (χ1) is 15.4. The smallest absolute Gasteiger partial charge is 0.293 e. The number of thiophene rings is 1. The van der Waals surface area contributed by atoms with Gasteiger partial charge in [0, 0.05) is 12.7 Å². The summed E-state index contributed by atoms with van der Waals surface area (Å²) in [6.45, 7) is 2.04. The van der Waals surface area contributed by atoms with Crippen LogP contribution in [0.15, 0.2) is 52.2 Å². The van der Waals surface area contributed by atoms with Crippen molar-refractivity contribution in [1.29, 1.82) is 0 Å². The molecule has 0 fully saturated rings. The van der Waals surface area contributed by atoms with E-state index in [1.54, 1.807) is 13.0 Å². The number of anilines is 2. The van der Waals surface area contributed by atoms with E-state index >= 15 is 0 Å². The summed E-state index contributed by atoms with van der Waals surface area (Å²) < 4.78 is 6.65. The van der Waals surface area contributed by atoms with E-state index in [1.807, 2.05) is 48.3 Å². The first kappa shape index (κ1) is 21.5. The fourth-order valence-corrected chi connectivity index (χ4v) is 3.87. The Bertz CT molecular complexity index is 1260. The molecule has 0 radical (unpaired) electrons. The predicted molar refractivity (Wildman–Crippen MR) is 121 cm³/mol. The van der Waals surface area contributed by atoms with Gasteiger partial charge in [-0.25, -0.2) is 10.1 Å². The first-order valence-corrected chi connectivity index (χ1v) is 10.5. The molecule has 0 atom stereocenters. The zero-order valence-corrected chi connectivity index (χ0v) is 18.6. The van der Waals surface area contributed by atoms with E-state index in [9.17, 15) is 4.79 Å². The molecule has 0 saturated carbocycles. The highest BCUT2D eigenvalue weighted by atomic mass is 35.5. The number of nitrogens with two attached hydrogens (primary N) is 1. The fraction of sp³-hybridized carbons (Fsp3) is 0.158. The fourth-order valence-electron chi connectivity index (χ4n) is 2.88. The zero-order chi connectivity index (χ0) is 22.7. The number of nitrogens with one attached hydrogen (secondary N) is 1. The minimum atomic E-state index is -0.537. The summed E-state index contributed by atoms with van der Waals surface area (Å²) in [5, 5.41) is 19.6. The molecule has 0 bridgehead atoms. The minimum Gasteiger partial charge on any atom is -0.378 e. The lowest BCUT2D eigenvalue weighted by Gasteiger charge is -2.19. The van der Waals surface area contributed by atoms with Gasteiger partial charge in [-0.15, -0.1) is 16.4 Å². The molecule has 0 aliphatic rings. The summed E-state index contributed by atoms with van der Waals surface area (Å²) >= 11 is 7.33. The van der Waals surface area contributed by atoms with Crippen LogP contribution in [0.4, 0.5) is 11.5 Å². The number of aromatic nitrogens is 5. The van der Waals surface area contributed by atoms with Gasteiger partial charge in [0.05, 0.1) is 27.2 Å². The van der Waals surface area contributed by atoms with Crippen molar-refractivity contribution < 1.29 is 9.42 Å². The summed E-state index contributed by atoms with van der Waals surface area (Å²) in [5.41, 5.74) is 10.4. The molecule has 4 aromatic rings. The van der Waals surface area contributed by atoms with Crippen molar-refractivity contribution in [3.8, 4) is 5.82 Å². The lowest BCUT2D eigenvalue weighted by Crippen LogP contribution is -2.25. The number of carbonyl (C=O) groups excluding carboxylic acids is 1. The van der Waals surface area contributed by atoms with Gasteiger partial charge >= 0.3 is 0 Å². The Labute approximate surface area is 191 Å². The third-order valence-electron chi connectivity index (χ3n) is 4.51. The summed E-state index contributed by atoms with van der Waals surface area (Å²) in [5.74, 6) is -0.375. The number of para-hydroxylation sites is 1. The van der Waals surface area contributed by atoms with E-state index in [0.717, 1.165) is 10.6 Å². The van der Waals surface area contributed by atoms with Crippen LogP contribution < -0.4 is 16.1 Å². The third-order valence-corrected chi connectivity index (χ3v) is 5.85. The molecule has 11 nitrogen and oxygen atoms in total. The van der Waals surface area contributed by atoms with Gasteiger partial charge in [-0.2, -0.15) is 9.78 Å². The Balaban J connectivity index is 1.64. The van der Waals surface area contributed by atoms with Crippen LogP contribution in [0.2, 0.25) is 4.34 Å². The van der Waals surface area contributed by atoms with Crippen LogP contribution in [0.25, 0.3) is 5.82 Å². The maximum Gasteiger partial charge on any atom is 0.293 e. The molecule has 0 unspecified atom stereocenters. The molecule has 13 heteroatoms. The molecule has 3 heterocycles. The number of rotatable bonds is 7. The standard InChI is InChI=1S/C19H18ClN9O2S/c1-11(14-8-9-15(20)32-14)22-24-19(30)16-13(10-28(2)12-6-4-3-5-7-12)29(27-23-16)18-17(21)25-31-26-18/h3-9H,10H2,1-2H3,(H2,21,25)(H,24,30)/b22-11+. The van der Waals surface area contributed by atoms with E-state index in [2.05, 4.69) is 35.8 Å². The molecule has 1 amide bonds. The summed E-state index contributed by atoms with van der Waals surface area (Å²) in [6.07, 6.45) is 0. The zero-order valence-electron chi connectivity index (χ0n) is 17.1. The molecule has 0 aliphatic heterocycles. The first-order valence-electron chi connectivity index (χ1n) is 9.33. The van der Waals surface area contributed by atoms with Gasteiger partial charge in [0.15, 0.2) is 5.69 Å². The van der Waals surface area contributed by atoms with Crippen LogP contribution in [0.5, 0.6) is 0 Å². The SMILES string of the molecule is C/C(=N\NC(=O)c1nnn(-c2nonc2N)c1CN(C)c1ccccc1)c1ccc(Cl)s1. The van der Waals surface area contributed by atoms with Crippen molar-refractivity contribution >= 4 is 46.1 Å². The second kappa shape index (κ2) is 9.16. The van der Waals surface area contributed by atoms with Gasteiger partial charge in [0.2, 0.25) is 11.6 Å². The Morgan fingerprint density at radius 3 is 2.72 bits per heavy atom. The molecule has 32 heavy (non-hydrogen) atoms. The maximum absolute atomic E-state index is 12.9. The molecule has 3 N–H and O–H groups in total. The van der Waals surface area contributed by atoms with E-state index in [-0.39, 0.29) is 23.9 Å². The normalized spacial score (nSPS) is 11.5. The summed E-state index contributed by atoms with van der Waals surface area (Å²) in [7, 11) is 1.88. The van der Waals surface area contributed by atoms with Gasteiger partial charge in [0.1, 0.15) is 0 Å². The Morgan fingerprint density at radius 2 is 2.06 bits per heavy atom. The van der Waals surface area contributed by atoms with Gasteiger partial charge in [-0.1, -0.05) is 35.0 Å². The number of hydrogen-bond donors (Lipinski definition) is 2. The number of halogens is 1. The predicted octanol–water partition coefficient (Wildman–Crippen LogP) is 2.74. The number of hydrazone groups is 1. The lowest BCUT2D eigenvalue weighted by molar-refractivity contribution is 0.0949. The largest absolute Gasteiger partial charge is 0.378 e. The Kier molecular flexibility index (Phi) is 6.14. The van der Waals surface area contributed by atoms with Crippen molar-refractivity contribution in [2.24, 2.45) is 5.10 Å². The molecule has 0 aliphatic carbocycles. The molecular formula is C19H18ClN9O2S. The van der Waals surface area contributed by atoms with Gasteiger partial charge < -0.3 is 10.6 Å². The molecule has 0 spiro atoms. The molecule has 0 saturated heterocycles. The minimum absolute atomic E-state index is 0.0221. The van der Waals surface area contributed by atoms with Crippen molar-refractivity contribution in [2.75, 3.05) is 17.7 Å². The summed E-state index contributed by atoms with van der Waals surface area (Å²) in [4.78, 5) is 15.7. The number of carbonyl (C=O) groups is 1. The van der Waals surface area contributed by atoms with Gasteiger partial charge in [-0.05, 0) is 41.5 Å². The number of nitrogen functional groups attached to an aromatic ring is 1. The Hall–Kier alpha value is -3.77. The van der Waals surface area contributed by atoms with E-state index in [0.29, 0.717) is 15.7 Å². The van der Waals surface area contributed by atoms with Crippen LogP contribution in [-0.2, 0) is 6.54 Å². The van der Waals surface area contributed by atoms with Crippen LogP contribution in [0, 0.1) is 0 Å². The number of nitrogens with zero attached hydrogens (tertiary/aromatic N) is 7. The third kappa shape index (κ3) is 4.45. The molecule has 164 valence electrons. The highest BCUT2D eigenvalue weighted by Gasteiger charge is 2.25. The summed E-state index contributed by atoms with van der Waals surface area (Å²) in [6, 6.07) is 13.2.